The summed E-state index contributed by atoms with van der Waals surface area (Å²) in [7, 11) is 0. The highest BCUT2D eigenvalue weighted by molar-refractivity contribution is 6.30. The van der Waals surface area contributed by atoms with Crippen LogP contribution in [0, 0.1) is 0 Å². The van der Waals surface area contributed by atoms with Gasteiger partial charge in [0.15, 0.2) is 5.82 Å². The molecule has 1 aromatic carbocycles. The molecule has 1 atom stereocenters. The van der Waals surface area contributed by atoms with E-state index in [9.17, 15) is 0 Å². The molecule has 4 aromatic rings. The standard InChI is InChI=1S/C19H15ClN8/c20-14-3-1-12(2-4-14)18-15(13-5-7-22-17(21)9-13)10-27(26-18)16-6-8-24-28-11-23-25-19(16)28/h1-5,7-11,16H,6H2,(H2,21,22). The average Bonchev–Trinajstić information content (AvgIpc) is 3.36. The lowest BCUT2D eigenvalue weighted by atomic mass is 10.0. The number of anilines is 1. The van der Waals surface area contributed by atoms with E-state index in [-0.39, 0.29) is 6.04 Å². The molecule has 9 heteroatoms. The molecule has 3 aromatic heterocycles. The Labute approximate surface area is 165 Å². The van der Waals surface area contributed by atoms with E-state index in [1.54, 1.807) is 17.2 Å². The van der Waals surface area contributed by atoms with Gasteiger partial charge in [-0.3, -0.25) is 4.68 Å². The van der Waals surface area contributed by atoms with Crippen LogP contribution in [0.5, 0.6) is 0 Å². The van der Waals surface area contributed by atoms with Crippen LogP contribution in [0.25, 0.3) is 22.4 Å². The molecule has 8 nitrogen and oxygen atoms in total. The van der Waals surface area contributed by atoms with Crippen molar-refractivity contribution in [3.05, 3.63) is 66.0 Å². The molecule has 0 saturated carbocycles. The van der Waals surface area contributed by atoms with E-state index in [1.807, 2.05) is 53.5 Å². The zero-order chi connectivity index (χ0) is 19.1. The summed E-state index contributed by atoms with van der Waals surface area (Å²) in [6.45, 7) is 0. The fourth-order valence-electron chi connectivity index (χ4n) is 3.31. The molecule has 138 valence electrons. The third kappa shape index (κ3) is 2.84. The van der Waals surface area contributed by atoms with Crippen molar-refractivity contribution in [1.29, 1.82) is 0 Å². The molecule has 4 heterocycles. The van der Waals surface area contributed by atoms with Crippen LogP contribution < -0.4 is 5.73 Å². The number of aromatic nitrogens is 6. The fraction of sp³-hybridized carbons (Fsp3) is 0.105. The van der Waals surface area contributed by atoms with Crippen molar-refractivity contribution in [3.8, 4) is 22.4 Å². The maximum Gasteiger partial charge on any atom is 0.179 e. The van der Waals surface area contributed by atoms with Crippen LogP contribution in [-0.2, 0) is 0 Å². The van der Waals surface area contributed by atoms with Gasteiger partial charge < -0.3 is 5.73 Å². The molecule has 5 rings (SSSR count). The van der Waals surface area contributed by atoms with Crippen molar-refractivity contribution in [2.45, 2.75) is 12.5 Å². The lowest BCUT2D eigenvalue weighted by molar-refractivity contribution is 0.485. The first-order chi connectivity index (χ1) is 13.7. The Morgan fingerprint density at radius 3 is 2.79 bits per heavy atom. The second-order valence-corrected chi connectivity index (χ2v) is 6.87. The predicted octanol–water partition coefficient (Wildman–Crippen LogP) is 3.27. The van der Waals surface area contributed by atoms with Gasteiger partial charge in [0, 0.05) is 41.2 Å². The predicted molar refractivity (Wildman–Crippen MR) is 107 cm³/mol. The highest BCUT2D eigenvalue weighted by Gasteiger charge is 2.25. The minimum Gasteiger partial charge on any atom is -0.384 e. The first kappa shape index (κ1) is 16.6. The van der Waals surface area contributed by atoms with E-state index in [0.717, 1.165) is 28.2 Å². The van der Waals surface area contributed by atoms with Crippen LogP contribution in [0.3, 0.4) is 0 Å². The summed E-state index contributed by atoms with van der Waals surface area (Å²) in [5.41, 5.74) is 9.58. The van der Waals surface area contributed by atoms with Gasteiger partial charge >= 0.3 is 0 Å². The Morgan fingerprint density at radius 2 is 1.96 bits per heavy atom. The summed E-state index contributed by atoms with van der Waals surface area (Å²) >= 11 is 6.06. The Hall–Kier alpha value is -3.52. The number of nitrogens with two attached hydrogens (primary N) is 1. The molecule has 0 bridgehead atoms. The number of fused-ring (bicyclic) bond motifs is 1. The number of hydrogen-bond acceptors (Lipinski definition) is 6. The maximum atomic E-state index is 6.06. The van der Waals surface area contributed by atoms with Gasteiger partial charge in [-0.2, -0.15) is 10.2 Å². The highest BCUT2D eigenvalue weighted by atomic mass is 35.5. The minimum absolute atomic E-state index is 0.0982. The SMILES string of the molecule is Nc1cc(-c2cn(C3CC=Nn4cnnc43)nc2-c2ccc(Cl)cc2)ccn1. The van der Waals surface area contributed by atoms with Crippen LogP contribution in [0.2, 0.25) is 5.02 Å². The number of rotatable bonds is 3. The molecular formula is C19H15ClN8. The summed E-state index contributed by atoms with van der Waals surface area (Å²) in [5.74, 6) is 1.20. The molecule has 0 radical (unpaired) electrons. The van der Waals surface area contributed by atoms with E-state index >= 15 is 0 Å². The van der Waals surface area contributed by atoms with Crippen LogP contribution in [0.4, 0.5) is 5.82 Å². The van der Waals surface area contributed by atoms with Crippen LogP contribution in [-0.4, -0.2) is 35.9 Å². The molecule has 1 aliphatic heterocycles. The summed E-state index contributed by atoms with van der Waals surface area (Å²) in [6, 6.07) is 11.3. The topological polar surface area (TPSA) is 99.8 Å². The van der Waals surface area contributed by atoms with Crippen molar-refractivity contribution in [3.63, 3.8) is 0 Å². The Balaban J connectivity index is 1.67. The minimum atomic E-state index is -0.0982. The zero-order valence-corrected chi connectivity index (χ0v) is 15.4. The molecule has 0 saturated heterocycles. The fourth-order valence-corrected chi connectivity index (χ4v) is 3.44. The van der Waals surface area contributed by atoms with Gasteiger partial charge in [-0.05, 0) is 29.8 Å². The average molecular weight is 391 g/mol. The number of benzene rings is 1. The molecule has 1 unspecified atom stereocenters. The second kappa shape index (κ2) is 6.58. The van der Waals surface area contributed by atoms with Gasteiger partial charge in [0.2, 0.25) is 0 Å². The largest absolute Gasteiger partial charge is 0.384 e. The van der Waals surface area contributed by atoms with Crippen LogP contribution in [0.1, 0.15) is 18.3 Å². The molecule has 0 fully saturated rings. The van der Waals surface area contributed by atoms with Crippen molar-refractivity contribution >= 4 is 23.6 Å². The zero-order valence-electron chi connectivity index (χ0n) is 14.6. The van der Waals surface area contributed by atoms with Gasteiger partial charge in [0.25, 0.3) is 0 Å². The summed E-state index contributed by atoms with van der Waals surface area (Å²) < 4.78 is 3.57. The Kier molecular flexibility index (Phi) is 3.91. The number of nitrogen functional groups attached to an aromatic ring is 1. The van der Waals surface area contributed by atoms with E-state index < -0.39 is 0 Å². The van der Waals surface area contributed by atoms with Crippen molar-refractivity contribution in [1.82, 2.24) is 29.6 Å². The summed E-state index contributed by atoms with van der Waals surface area (Å²) in [5, 5.41) is 18.0. The molecule has 1 aliphatic rings. The van der Waals surface area contributed by atoms with Gasteiger partial charge in [0.05, 0.1) is 0 Å². The quantitative estimate of drug-likeness (QED) is 0.578. The van der Waals surface area contributed by atoms with E-state index in [0.29, 0.717) is 17.3 Å². The van der Waals surface area contributed by atoms with Crippen molar-refractivity contribution < 1.29 is 0 Å². The van der Waals surface area contributed by atoms with E-state index in [1.165, 1.54) is 0 Å². The van der Waals surface area contributed by atoms with Gasteiger partial charge in [-0.25, -0.2) is 9.66 Å². The number of halogens is 1. The van der Waals surface area contributed by atoms with Gasteiger partial charge in [-0.1, -0.05) is 23.7 Å². The highest BCUT2D eigenvalue weighted by Crippen LogP contribution is 2.34. The van der Waals surface area contributed by atoms with E-state index in [4.69, 9.17) is 22.4 Å². The monoisotopic (exact) mass is 390 g/mol. The normalized spacial score (nSPS) is 15.5. The lowest BCUT2D eigenvalue weighted by Gasteiger charge is -2.17. The third-order valence-electron chi connectivity index (χ3n) is 4.65. The lowest BCUT2D eigenvalue weighted by Crippen LogP contribution is -2.19. The Morgan fingerprint density at radius 1 is 1.11 bits per heavy atom. The van der Waals surface area contributed by atoms with E-state index in [2.05, 4.69) is 20.3 Å². The van der Waals surface area contributed by atoms with Crippen LogP contribution in [0.15, 0.2) is 60.2 Å². The van der Waals surface area contributed by atoms with Gasteiger partial charge in [-0.15, -0.1) is 10.2 Å². The molecular weight excluding hydrogens is 376 g/mol. The third-order valence-corrected chi connectivity index (χ3v) is 4.90. The summed E-state index contributed by atoms with van der Waals surface area (Å²) in [6.07, 6.45) is 7.80. The first-order valence-electron chi connectivity index (χ1n) is 8.69. The molecule has 0 amide bonds. The first-order valence-corrected chi connectivity index (χ1v) is 9.06. The molecule has 2 N–H and O–H groups in total. The summed E-state index contributed by atoms with van der Waals surface area (Å²) in [4.78, 5) is 4.09. The van der Waals surface area contributed by atoms with Crippen molar-refractivity contribution in [2.75, 3.05) is 5.73 Å². The number of hydrogen-bond donors (Lipinski definition) is 1. The Bertz CT molecular complexity index is 1170. The molecule has 28 heavy (non-hydrogen) atoms. The maximum absolute atomic E-state index is 6.06. The molecule has 0 spiro atoms. The van der Waals surface area contributed by atoms with Crippen molar-refractivity contribution in [2.24, 2.45) is 5.10 Å². The van der Waals surface area contributed by atoms with Crippen LogP contribution >= 0.6 is 11.6 Å². The second-order valence-electron chi connectivity index (χ2n) is 6.43. The number of nitrogens with zero attached hydrogens (tertiary/aromatic N) is 7. The van der Waals surface area contributed by atoms with Gasteiger partial charge in [0.1, 0.15) is 23.9 Å². The molecule has 0 aliphatic carbocycles. The smallest absolute Gasteiger partial charge is 0.179 e. The number of pyridine rings is 1.